The fourth-order valence-corrected chi connectivity index (χ4v) is 1.42. The van der Waals surface area contributed by atoms with Gasteiger partial charge in [-0.05, 0) is 36.4 Å². The molecule has 1 rings (SSSR count). The number of hydrogen-bond donors (Lipinski definition) is 1. The molecule has 1 aromatic rings. The molecule has 0 spiro atoms. The summed E-state index contributed by atoms with van der Waals surface area (Å²) in [5.74, 6) is 0. The maximum atomic E-state index is 10.3. The van der Waals surface area contributed by atoms with Gasteiger partial charge in [-0.25, -0.2) is 0 Å². The number of nitroso groups, excluding NO2 is 1. The zero-order valence-electron chi connectivity index (χ0n) is 10.4. The molecule has 100 valence electrons. The fraction of sp³-hybridized carbons (Fsp3) is 0.500. The van der Waals surface area contributed by atoms with Gasteiger partial charge in [0.15, 0.2) is 0 Å². The van der Waals surface area contributed by atoms with Crippen LogP contribution in [-0.4, -0.2) is 38.1 Å². The molecule has 0 saturated carbocycles. The lowest BCUT2D eigenvalue weighted by atomic mass is 10.3. The first-order chi connectivity index (χ1) is 8.81. The number of hydroxylamine groups is 1. The van der Waals surface area contributed by atoms with E-state index in [1.807, 2.05) is 6.92 Å². The highest BCUT2D eigenvalue weighted by Gasteiger charge is 2.06. The highest BCUT2D eigenvalue weighted by atomic mass is 16.7. The van der Waals surface area contributed by atoms with Gasteiger partial charge >= 0.3 is 0 Å². The minimum absolute atomic E-state index is 0.00827. The third-order valence-electron chi connectivity index (χ3n) is 2.20. The molecule has 0 aromatic heterocycles. The van der Waals surface area contributed by atoms with E-state index < -0.39 is 0 Å². The van der Waals surface area contributed by atoms with Crippen LogP contribution in [0.3, 0.4) is 0 Å². The Balaban J connectivity index is 2.55. The Morgan fingerprint density at radius 1 is 1.28 bits per heavy atom. The molecule has 6 heteroatoms. The molecule has 0 radical (unpaired) electrons. The zero-order chi connectivity index (χ0) is 13.2. The SMILES string of the molecule is CCON(CCOCCO)c1ccc(N=O)cc1. The Hall–Kier alpha value is -1.50. The van der Waals surface area contributed by atoms with E-state index in [0.29, 0.717) is 32.1 Å². The molecule has 1 aromatic carbocycles. The summed E-state index contributed by atoms with van der Waals surface area (Å²) in [5, 5.41) is 13.1. The van der Waals surface area contributed by atoms with Gasteiger partial charge in [-0.1, -0.05) is 0 Å². The Kier molecular flexibility index (Phi) is 6.93. The lowest BCUT2D eigenvalue weighted by Gasteiger charge is -2.23. The summed E-state index contributed by atoms with van der Waals surface area (Å²) in [5.41, 5.74) is 1.21. The van der Waals surface area contributed by atoms with E-state index in [4.69, 9.17) is 14.7 Å². The van der Waals surface area contributed by atoms with Crippen LogP contribution in [0.25, 0.3) is 0 Å². The number of rotatable bonds is 9. The van der Waals surface area contributed by atoms with Gasteiger partial charge in [0, 0.05) is 0 Å². The van der Waals surface area contributed by atoms with Crippen LogP contribution in [0.2, 0.25) is 0 Å². The Bertz CT molecular complexity index is 342. The first-order valence-corrected chi connectivity index (χ1v) is 5.84. The number of ether oxygens (including phenoxy) is 1. The normalized spacial score (nSPS) is 10.3. The van der Waals surface area contributed by atoms with Gasteiger partial charge in [0.2, 0.25) is 0 Å². The fourth-order valence-electron chi connectivity index (χ4n) is 1.42. The molecule has 18 heavy (non-hydrogen) atoms. The molecule has 0 saturated heterocycles. The maximum Gasteiger partial charge on any atom is 0.108 e. The number of anilines is 1. The van der Waals surface area contributed by atoms with Gasteiger partial charge in [-0.2, -0.15) is 0 Å². The first kappa shape index (κ1) is 14.6. The van der Waals surface area contributed by atoms with Crippen molar-refractivity contribution in [3.8, 4) is 0 Å². The summed E-state index contributed by atoms with van der Waals surface area (Å²) in [7, 11) is 0. The highest BCUT2D eigenvalue weighted by molar-refractivity contribution is 5.51. The number of nitrogens with zero attached hydrogens (tertiary/aromatic N) is 2. The van der Waals surface area contributed by atoms with Crippen molar-refractivity contribution >= 4 is 11.4 Å². The van der Waals surface area contributed by atoms with Crippen molar-refractivity contribution in [3.05, 3.63) is 29.2 Å². The summed E-state index contributed by atoms with van der Waals surface area (Å²) in [6.07, 6.45) is 0. The molecule has 0 aliphatic carbocycles. The first-order valence-electron chi connectivity index (χ1n) is 5.84. The van der Waals surface area contributed by atoms with E-state index in [1.54, 1.807) is 29.3 Å². The lowest BCUT2D eigenvalue weighted by molar-refractivity contribution is 0.0648. The van der Waals surface area contributed by atoms with Crippen molar-refractivity contribution in [2.75, 3.05) is 38.0 Å². The van der Waals surface area contributed by atoms with E-state index in [-0.39, 0.29) is 6.61 Å². The summed E-state index contributed by atoms with van der Waals surface area (Å²) >= 11 is 0. The Morgan fingerprint density at radius 3 is 2.56 bits per heavy atom. The van der Waals surface area contributed by atoms with Crippen molar-refractivity contribution in [1.82, 2.24) is 0 Å². The molecule has 0 atom stereocenters. The molecule has 0 aliphatic rings. The summed E-state index contributed by atoms with van der Waals surface area (Å²) in [6, 6.07) is 6.78. The zero-order valence-corrected chi connectivity index (χ0v) is 10.4. The Morgan fingerprint density at radius 2 is 2.00 bits per heavy atom. The molecule has 0 fully saturated rings. The average Bonchev–Trinajstić information content (AvgIpc) is 2.42. The molecule has 0 unspecified atom stereocenters. The summed E-state index contributed by atoms with van der Waals surface area (Å²) < 4.78 is 5.19. The second-order valence-electron chi connectivity index (χ2n) is 3.46. The topological polar surface area (TPSA) is 71.4 Å². The molecular formula is C12H18N2O4. The van der Waals surface area contributed by atoms with E-state index in [1.165, 1.54) is 0 Å². The van der Waals surface area contributed by atoms with Crippen LogP contribution in [0.5, 0.6) is 0 Å². The third-order valence-corrected chi connectivity index (χ3v) is 2.20. The second kappa shape index (κ2) is 8.57. The van der Waals surface area contributed by atoms with Crippen LogP contribution >= 0.6 is 0 Å². The van der Waals surface area contributed by atoms with E-state index in [2.05, 4.69) is 5.18 Å². The van der Waals surface area contributed by atoms with Gasteiger partial charge in [0.05, 0.1) is 38.7 Å². The number of aliphatic hydroxyl groups excluding tert-OH is 1. The van der Waals surface area contributed by atoms with Crippen LogP contribution in [0.4, 0.5) is 11.4 Å². The van der Waals surface area contributed by atoms with Crippen molar-refractivity contribution < 1.29 is 14.7 Å². The van der Waals surface area contributed by atoms with Crippen LogP contribution in [-0.2, 0) is 9.57 Å². The van der Waals surface area contributed by atoms with Gasteiger partial charge < -0.3 is 9.84 Å². The molecule has 0 amide bonds. The predicted molar refractivity (Wildman–Crippen MR) is 68.8 cm³/mol. The van der Waals surface area contributed by atoms with Crippen molar-refractivity contribution in [1.29, 1.82) is 0 Å². The van der Waals surface area contributed by atoms with Crippen molar-refractivity contribution in [3.63, 3.8) is 0 Å². The summed E-state index contributed by atoms with van der Waals surface area (Å²) in [4.78, 5) is 15.8. The number of benzene rings is 1. The number of hydrogen-bond acceptors (Lipinski definition) is 6. The maximum absolute atomic E-state index is 10.3. The number of aliphatic hydroxyl groups is 1. The monoisotopic (exact) mass is 254 g/mol. The smallest absolute Gasteiger partial charge is 0.108 e. The minimum Gasteiger partial charge on any atom is -0.394 e. The quantitative estimate of drug-likeness (QED) is 0.413. The molecule has 0 aliphatic heterocycles. The van der Waals surface area contributed by atoms with E-state index in [9.17, 15) is 4.91 Å². The average molecular weight is 254 g/mol. The van der Waals surface area contributed by atoms with Crippen LogP contribution in [0.15, 0.2) is 29.4 Å². The van der Waals surface area contributed by atoms with Crippen LogP contribution < -0.4 is 5.06 Å². The van der Waals surface area contributed by atoms with E-state index >= 15 is 0 Å². The van der Waals surface area contributed by atoms with Crippen LogP contribution in [0, 0.1) is 4.91 Å². The molecular weight excluding hydrogens is 236 g/mol. The van der Waals surface area contributed by atoms with Gasteiger partial charge in [-0.15, -0.1) is 4.91 Å². The molecule has 0 heterocycles. The molecule has 6 nitrogen and oxygen atoms in total. The minimum atomic E-state index is 0.00827. The summed E-state index contributed by atoms with van der Waals surface area (Å²) in [6.45, 7) is 3.74. The van der Waals surface area contributed by atoms with Gasteiger partial charge in [-0.3, -0.25) is 9.90 Å². The second-order valence-corrected chi connectivity index (χ2v) is 3.46. The van der Waals surface area contributed by atoms with Crippen molar-refractivity contribution in [2.24, 2.45) is 5.18 Å². The van der Waals surface area contributed by atoms with Gasteiger partial charge in [0.1, 0.15) is 5.69 Å². The highest BCUT2D eigenvalue weighted by Crippen LogP contribution is 2.19. The lowest BCUT2D eigenvalue weighted by Crippen LogP contribution is -2.28. The van der Waals surface area contributed by atoms with E-state index in [0.717, 1.165) is 5.69 Å². The third kappa shape index (κ3) is 4.79. The standard InChI is InChI=1S/C12H18N2O4/c1-2-18-14(7-9-17-10-8-15)12-5-3-11(13-16)4-6-12/h3-6,15H,2,7-10H2,1H3. The Labute approximate surface area is 106 Å². The van der Waals surface area contributed by atoms with Gasteiger partial charge in [0.25, 0.3) is 0 Å². The van der Waals surface area contributed by atoms with Crippen molar-refractivity contribution in [2.45, 2.75) is 6.92 Å². The largest absolute Gasteiger partial charge is 0.394 e. The molecule has 1 N–H and O–H groups in total. The van der Waals surface area contributed by atoms with Crippen LogP contribution in [0.1, 0.15) is 6.92 Å². The predicted octanol–water partition coefficient (Wildman–Crippen LogP) is 1.85. The molecule has 0 bridgehead atoms.